The van der Waals surface area contributed by atoms with Crippen LogP contribution >= 0.6 is 8.25 Å². The number of aryl methyl sites for hydroxylation is 1. The van der Waals surface area contributed by atoms with Crippen molar-refractivity contribution in [3.63, 3.8) is 0 Å². The highest BCUT2D eigenvalue weighted by Gasteiger charge is 2.47. The highest BCUT2D eigenvalue weighted by atomic mass is 31.1. The molecule has 1 aliphatic rings. The molecule has 0 saturated carbocycles. The lowest BCUT2D eigenvalue weighted by Crippen LogP contribution is -2.41. The molecule has 3 aromatic carbocycles. The van der Waals surface area contributed by atoms with E-state index in [1.54, 1.807) is 21.1 Å². The van der Waals surface area contributed by atoms with Crippen molar-refractivity contribution < 1.29 is 32.2 Å². The van der Waals surface area contributed by atoms with Crippen LogP contribution in [-0.4, -0.2) is 50.9 Å². The Morgan fingerprint density at radius 2 is 1.45 bits per heavy atom. The summed E-state index contributed by atoms with van der Waals surface area (Å²) in [5, 5.41) is 0. The van der Waals surface area contributed by atoms with E-state index in [1.807, 2.05) is 98.5 Å². The van der Waals surface area contributed by atoms with E-state index in [4.69, 9.17) is 27.7 Å². The van der Waals surface area contributed by atoms with E-state index in [-0.39, 0.29) is 13.0 Å². The van der Waals surface area contributed by atoms with E-state index in [0.29, 0.717) is 17.1 Å². The van der Waals surface area contributed by atoms with Crippen LogP contribution in [0.5, 0.6) is 11.5 Å². The van der Waals surface area contributed by atoms with Crippen molar-refractivity contribution >= 4 is 16.6 Å². The van der Waals surface area contributed by atoms with Gasteiger partial charge in [-0.05, 0) is 67.5 Å². The SMILES string of the molecule is COc1ccc(C(O[C@H]2C[C@H](n3cc(C)c(=O)[nH]c3=O)O[C@@H]2CO[P+](=O)O[Si](C)(C)C)(c2ccccc2)c2ccc(OC)cc2)cc1. The van der Waals surface area contributed by atoms with Crippen molar-refractivity contribution in [1.82, 2.24) is 9.55 Å². The average Bonchev–Trinajstić information content (AvgIpc) is 3.46. The van der Waals surface area contributed by atoms with Gasteiger partial charge in [0.15, 0.2) is 0 Å². The summed E-state index contributed by atoms with van der Waals surface area (Å²) in [4.78, 5) is 27.5. The second-order valence-electron chi connectivity index (χ2n) is 12.2. The largest absolute Gasteiger partial charge is 0.685 e. The van der Waals surface area contributed by atoms with Crippen molar-refractivity contribution in [2.45, 2.75) is 57.0 Å². The molecular formula is C34H40N2O9PSi+. The zero-order valence-corrected chi connectivity index (χ0v) is 29.2. The van der Waals surface area contributed by atoms with Crippen LogP contribution in [-0.2, 0) is 28.4 Å². The standard InChI is InChI=1S/C34H39N2O9PSi/c1-23-21-36(33(38)35-32(23)37)31-20-29(30(43-31)22-42-46(39)45-47(4,5)6)44-34(24-10-8-7-9-11-24,25-12-16-27(40-2)17-13-25)26-14-18-28(41-3)19-15-26/h7-19,21,29-31H,20,22H2,1-6H3/p+1/t29-,30+,31+/m0/s1. The summed E-state index contributed by atoms with van der Waals surface area (Å²) in [7, 11) is -1.38. The third-order valence-electron chi connectivity index (χ3n) is 7.83. The minimum Gasteiger partial charge on any atom is -0.497 e. The molecule has 1 unspecified atom stereocenters. The molecule has 0 radical (unpaired) electrons. The number of rotatable bonds is 13. The summed E-state index contributed by atoms with van der Waals surface area (Å²) in [5.41, 5.74) is 0.532. The maximum atomic E-state index is 13.0. The van der Waals surface area contributed by atoms with Crippen LogP contribution in [0, 0.1) is 6.92 Å². The lowest BCUT2D eigenvalue weighted by atomic mass is 9.79. The fraction of sp³-hybridized carbons (Fsp3) is 0.353. The minimum absolute atomic E-state index is 0.131. The van der Waals surface area contributed by atoms with E-state index in [9.17, 15) is 14.2 Å². The lowest BCUT2D eigenvalue weighted by molar-refractivity contribution is -0.0965. The molecule has 1 fully saturated rings. The van der Waals surface area contributed by atoms with Crippen molar-refractivity contribution in [1.29, 1.82) is 0 Å². The van der Waals surface area contributed by atoms with Gasteiger partial charge in [0, 0.05) is 22.7 Å². The van der Waals surface area contributed by atoms with Gasteiger partial charge in [0.25, 0.3) is 13.9 Å². The first-order chi connectivity index (χ1) is 22.4. The summed E-state index contributed by atoms with van der Waals surface area (Å²) in [5.74, 6) is 1.36. The number of hydrogen-bond donors (Lipinski definition) is 1. The van der Waals surface area contributed by atoms with Gasteiger partial charge in [0.2, 0.25) is 0 Å². The molecular weight excluding hydrogens is 639 g/mol. The molecule has 1 aromatic heterocycles. The third-order valence-corrected chi connectivity index (χ3v) is 11.0. The summed E-state index contributed by atoms with van der Waals surface area (Å²) in [6.45, 7) is 7.24. The van der Waals surface area contributed by atoms with Crippen LogP contribution in [0.15, 0.2) is 94.6 Å². The van der Waals surface area contributed by atoms with Crippen LogP contribution in [0.4, 0.5) is 0 Å². The molecule has 248 valence electrons. The van der Waals surface area contributed by atoms with Crippen LogP contribution in [0.3, 0.4) is 0 Å². The molecule has 47 heavy (non-hydrogen) atoms. The molecule has 1 N–H and O–H groups in total. The van der Waals surface area contributed by atoms with Crippen LogP contribution in [0.2, 0.25) is 19.6 Å². The van der Waals surface area contributed by atoms with E-state index >= 15 is 0 Å². The summed E-state index contributed by atoms with van der Waals surface area (Å²) >= 11 is 0. The van der Waals surface area contributed by atoms with Crippen LogP contribution in [0.1, 0.15) is 34.9 Å². The number of benzene rings is 3. The van der Waals surface area contributed by atoms with Gasteiger partial charge in [-0.25, -0.2) is 4.79 Å². The van der Waals surface area contributed by atoms with Crippen molar-refractivity contribution in [3.05, 3.63) is 128 Å². The van der Waals surface area contributed by atoms with E-state index < -0.39 is 51.9 Å². The number of H-pyrrole nitrogens is 1. The fourth-order valence-electron chi connectivity index (χ4n) is 5.59. The molecule has 0 aliphatic carbocycles. The van der Waals surface area contributed by atoms with Crippen LogP contribution in [0.25, 0.3) is 0 Å². The van der Waals surface area contributed by atoms with Crippen molar-refractivity contribution in [3.8, 4) is 11.5 Å². The van der Waals surface area contributed by atoms with Crippen molar-refractivity contribution in [2.24, 2.45) is 0 Å². The Bertz CT molecular complexity index is 1740. The Hall–Kier alpha value is -3.90. The Labute approximate surface area is 275 Å². The normalized spacial score (nSPS) is 18.6. The Kier molecular flexibility index (Phi) is 10.6. The van der Waals surface area contributed by atoms with Gasteiger partial charge in [-0.3, -0.25) is 14.3 Å². The molecule has 11 nitrogen and oxygen atoms in total. The van der Waals surface area contributed by atoms with Gasteiger partial charge in [-0.15, -0.1) is 4.52 Å². The zero-order chi connectivity index (χ0) is 33.8. The maximum Gasteiger partial charge on any atom is 0.685 e. The predicted octanol–water partition coefficient (Wildman–Crippen LogP) is 6.05. The molecule has 4 atom stereocenters. The second kappa shape index (κ2) is 14.5. The van der Waals surface area contributed by atoms with Crippen LogP contribution < -0.4 is 20.7 Å². The number of methoxy groups -OCH3 is 2. The fourth-order valence-corrected chi connectivity index (χ4v) is 7.85. The molecule has 2 heterocycles. The first-order valence-corrected chi connectivity index (χ1v) is 19.7. The van der Waals surface area contributed by atoms with Gasteiger partial charge in [0.1, 0.15) is 36.0 Å². The first-order valence-electron chi connectivity index (χ1n) is 15.2. The average molecular weight is 680 g/mol. The molecule has 0 amide bonds. The van der Waals surface area contributed by atoms with Gasteiger partial charge < -0.3 is 18.9 Å². The number of ether oxygens (including phenoxy) is 4. The Morgan fingerprint density at radius 1 is 0.894 bits per heavy atom. The number of hydrogen-bond acceptors (Lipinski definition) is 9. The highest BCUT2D eigenvalue weighted by molar-refractivity contribution is 7.35. The third kappa shape index (κ3) is 7.81. The van der Waals surface area contributed by atoms with E-state index in [0.717, 1.165) is 16.7 Å². The smallest absolute Gasteiger partial charge is 0.497 e. The van der Waals surface area contributed by atoms with E-state index in [1.165, 1.54) is 10.8 Å². The Balaban J connectivity index is 1.63. The lowest BCUT2D eigenvalue weighted by Gasteiger charge is -2.39. The molecule has 13 heteroatoms. The van der Waals surface area contributed by atoms with Gasteiger partial charge in [-0.1, -0.05) is 54.6 Å². The molecule has 0 bridgehead atoms. The number of nitrogens with one attached hydrogen (secondary N) is 1. The number of aromatic nitrogens is 2. The van der Waals surface area contributed by atoms with E-state index in [2.05, 4.69) is 4.98 Å². The quantitative estimate of drug-likeness (QED) is 0.102. The molecule has 0 spiro atoms. The monoisotopic (exact) mass is 679 g/mol. The number of aromatic amines is 1. The van der Waals surface area contributed by atoms with Gasteiger partial charge in [-0.2, -0.15) is 4.21 Å². The molecule has 4 aromatic rings. The maximum absolute atomic E-state index is 13.0. The first kappa shape index (κ1) is 34.4. The zero-order valence-electron chi connectivity index (χ0n) is 27.3. The summed E-state index contributed by atoms with van der Waals surface area (Å²) in [6.07, 6.45) is -0.598. The van der Waals surface area contributed by atoms with Gasteiger partial charge in [0.05, 0.1) is 20.3 Å². The van der Waals surface area contributed by atoms with Gasteiger partial charge >= 0.3 is 13.9 Å². The summed E-state index contributed by atoms with van der Waals surface area (Å²) < 4.78 is 50.2. The number of nitrogens with zero attached hydrogens (tertiary/aromatic N) is 1. The molecule has 5 rings (SSSR count). The van der Waals surface area contributed by atoms with Crippen molar-refractivity contribution in [2.75, 3.05) is 20.8 Å². The minimum atomic E-state index is -2.43. The molecule has 1 saturated heterocycles. The Morgan fingerprint density at radius 3 is 1.98 bits per heavy atom. The molecule has 1 aliphatic heterocycles. The summed E-state index contributed by atoms with van der Waals surface area (Å²) in [6, 6.07) is 25.1. The topological polar surface area (TPSA) is 127 Å². The predicted molar refractivity (Wildman–Crippen MR) is 180 cm³/mol. The second-order valence-corrected chi connectivity index (χ2v) is 17.9. The highest BCUT2D eigenvalue weighted by Crippen LogP contribution is 2.46.